The van der Waals surface area contributed by atoms with E-state index >= 15 is 0 Å². The van der Waals surface area contributed by atoms with Crippen molar-refractivity contribution in [3.8, 4) is 0 Å². The van der Waals surface area contributed by atoms with Crippen molar-refractivity contribution < 1.29 is 13.5 Å². The second kappa shape index (κ2) is 4.88. The minimum absolute atomic E-state index is 0.0741. The highest BCUT2D eigenvalue weighted by atomic mass is 35.5. The van der Waals surface area contributed by atoms with Crippen LogP contribution >= 0.6 is 11.6 Å². The molecule has 0 amide bonds. The number of ether oxygens (including phenoxy) is 1. The van der Waals surface area contributed by atoms with Crippen LogP contribution in [-0.2, 0) is 10.7 Å². The summed E-state index contributed by atoms with van der Waals surface area (Å²) in [6.45, 7) is 2.92. The van der Waals surface area contributed by atoms with Crippen LogP contribution in [0.15, 0.2) is 18.2 Å². The zero-order valence-electron chi connectivity index (χ0n) is 9.47. The van der Waals surface area contributed by atoms with Gasteiger partial charge in [0, 0.05) is 36.2 Å². The molecule has 0 spiro atoms. The van der Waals surface area contributed by atoms with Gasteiger partial charge in [0.25, 0.3) is 5.92 Å². The third-order valence-corrected chi connectivity index (χ3v) is 3.11. The van der Waals surface area contributed by atoms with Crippen LogP contribution < -0.4 is 5.32 Å². The van der Waals surface area contributed by atoms with Crippen molar-refractivity contribution in [1.82, 2.24) is 5.32 Å². The highest BCUT2D eigenvalue weighted by Crippen LogP contribution is 2.33. The predicted octanol–water partition coefficient (Wildman–Crippen LogP) is 3.11. The molecule has 1 fully saturated rings. The highest BCUT2D eigenvalue weighted by molar-refractivity contribution is 6.31. The smallest absolute Gasteiger partial charge is 0.270 e. The Morgan fingerprint density at radius 2 is 2.24 bits per heavy atom. The van der Waals surface area contributed by atoms with Crippen LogP contribution in [-0.4, -0.2) is 19.7 Å². The first kappa shape index (κ1) is 12.7. The molecule has 2 rings (SSSR count). The van der Waals surface area contributed by atoms with E-state index in [0.717, 1.165) is 19.0 Å². The Balaban J connectivity index is 2.25. The Hall–Kier alpha value is -0.710. The lowest BCUT2D eigenvalue weighted by Gasteiger charge is -2.25. The van der Waals surface area contributed by atoms with Crippen molar-refractivity contribution in [3.05, 3.63) is 34.3 Å². The first-order chi connectivity index (χ1) is 7.98. The Morgan fingerprint density at radius 1 is 1.47 bits per heavy atom. The van der Waals surface area contributed by atoms with Crippen molar-refractivity contribution in [2.75, 3.05) is 19.7 Å². The van der Waals surface area contributed by atoms with Gasteiger partial charge in [0.2, 0.25) is 0 Å². The van der Waals surface area contributed by atoms with Gasteiger partial charge < -0.3 is 10.1 Å². The molecule has 0 radical (unpaired) electrons. The van der Waals surface area contributed by atoms with Crippen molar-refractivity contribution in [2.24, 2.45) is 0 Å². The molecular weight excluding hydrogens is 248 g/mol. The number of alkyl halides is 2. The third kappa shape index (κ3) is 2.94. The summed E-state index contributed by atoms with van der Waals surface area (Å²) in [4.78, 5) is 0. The van der Waals surface area contributed by atoms with Gasteiger partial charge >= 0.3 is 0 Å². The summed E-state index contributed by atoms with van der Waals surface area (Å²) in [6.07, 6.45) is -0.157. The first-order valence-corrected chi connectivity index (χ1v) is 5.86. The fourth-order valence-electron chi connectivity index (χ4n) is 1.83. The number of rotatable bonds is 2. The molecule has 1 aliphatic rings. The Bertz CT molecular complexity index is 400. The molecule has 0 bridgehead atoms. The van der Waals surface area contributed by atoms with Crippen LogP contribution in [0, 0.1) is 0 Å². The van der Waals surface area contributed by atoms with E-state index in [9.17, 15) is 8.78 Å². The van der Waals surface area contributed by atoms with Crippen LogP contribution in [0.1, 0.15) is 24.2 Å². The number of nitrogens with one attached hydrogen (secondary N) is 1. The highest BCUT2D eigenvalue weighted by Gasteiger charge is 2.26. The maximum absolute atomic E-state index is 13.1. The number of halogens is 3. The van der Waals surface area contributed by atoms with Gasteiger partial charge in [-0.25, -0.2) is 8.78 Å². The largest absolute Gasteiger partial charge is 0.371 e. The predicted molar refractivity (Wildman–Crippen MR) is 62.6 cm³/mol. The Morgan fingerprint density at radius 3 is 2.76 bits per heavy atom. The molecule has 17 heavy (non-hydrogen) atoms. The Kier molecular flexibility index (Phi) is 3.66. The summed E-state index contributed by atoms with van der Waals surface area (Å²) in [5.74, 6) is -2.87. The molecule has 0 saturated carbocycles. The number of hydrogen-bond acceptors (Lipinski definition) is 2. The summed E-state index contributed by atoms with van der Waals surface area (Å²) < 4.78 is 31.7. The number of morpholine rings is 1. The van der Waals surface area contributed by atoms with Crippen molar-refractivity contribution in [3.63, 3.8) is 0 Å². The molecule has 0 aromatic heterocycles. The molecule has 1 saturated heterocycles. The number of benzene rings is 1. The molecule has 1 unspecified atom stereocenters. The van der Waals surface area contributed by atoms with Crippen LogP contribution in [0.4, 0.5) is 8.78 Å². The van der Waals surface area contributed by atoms with E-state index < -0.39 is 5.92 Å². The van der Waals surface area contributed by atoms with E-state index in [1.165, 1.54) is 12.1 Å². The zero-order chi connectivity index (χ0) is 12.5. The molecule has 1 N–H and O–H groups in total. The lowest BCUT2D eigenvalue weighted by molar-refractivity contribution is 0.0167. The van der Waals surface area contributed by atoms with E-state index in [1.54, 1.807) is 6.07 Å². The third-order valence-electron chi connectivity index (χ3n) is 2.78. The minimum Gasteiger partial charge on any atom is -0.371 e. The van der Waals surface area contributed by atoms with Crippen molar-refractivity contribution in [1.29, 1.82) is 0 Å². The molecule has 1 aromatic rings. The summed E-state index contributed by atoms with van der Waals surface area (Å²) in [7, 11) is 0. The van der Waals surface area contributed by atoms with Gasteiger partial charge in [-0.3, -0.25) is 0 Å². The van der Waals surface area contributed by atoms with Crippen LogP contribution in [0.25, 0.3) is 0 Å². The molecule has 94 valence electrons. The molecule has 1 atom stereocenters. The molecule has 1 heterocycles. The van der Waals surface area contributed by atoms with Gasteiger partial charge in [-0.2, -0.15) is 0 Å². The minimum atomic E-state index is -2.87. The second-order valence-corrected chi connectivity index (χ2v) is 4.60. The second-order valence-electron chi connectivity index (χ2n) is 4.19. The van der Waals surface area contributed by atoms with E-state index in [1.807, 2.05) is 0 Å². The van der Waals surface area contributed by atoms with Crippen LogP contribution in [0.2, 0.25) is 5.02 Å². The van der Waals surface area contributed by atoms with Gasteiger partial charge in [-0.15, -0.1) is 0 Å². The van der Waals surface area contributed by atoms with E-state index in [2.05, 4.69) is 5.32 Å². The quantitative estimate of drug-likeness (QED) is 0.883. The monoisotopic (exact) mass is 261 g/mol. The fourth-order valence-corrected chi connectivity index (χ4v) is 2.13. The SMILES string of the molecule is CC(F)(F)c1ccc(C2CNCCO2)c(Cl)c1. The average Bonchev–Trinajstić information content (AvgIpc) is 2.29. The van der Waals surface area contributed by atoms with E-state index in [0.29, 0.717) is 18.2 Å². The molecule has 0 aliphatic carbocycles. The maximum atomic E-state index is 13.1. The summed E-state index contributed by atoms with van der Waals surface area (Å²) in [5.41, 5.74) is 0.682. The summed E-state index contributed by atoms with van der Waals surface area (Å²) >= 11 is 6.03. The van der Waals surface area contributed by atoms with Crippen molar-refractivity contribution >= 4 is 11.6 Å². The maximum Gasteiger partial charge on any atom is 0.270 e. The van der Waals surface area contributed by atoms with Crippen LogP contribution in [0.3, 0.4) is 0 Å². The zero-order valence-corrected chi connectivity index (χ0v) is 10.2. The topological polar surface area (TPSA) is 21.3 Å². The Labute approximate surface area is 104 Å². The molecule has 1 aromatic carbocycles. The molecule has 2 nitrogen and oxygen atoms in total. The van der Waals surface area contributed by atoms with Crippen molar-refractivity contribution in [2.45, 2.75) is 19.0 Å². The summed E-state index contributed by atoms with van der Waals surface area (Å²) in [6, 6.07) is 4.33. The molecular formula is C12H14ClF2NO. The van der Waals surface area contributed by atoms with Gasteiger partial charge in [0.15, 0.2) is 0 Å². The van der Waals surface area contributed by atoms with Crippen LogP contribution in [0.5, 0.6) is 0 Å². The first-order valence-electron chi connectivity index (χ1n) is 5.48. The van der Waals surface area contributed by atoms with Gasteiger partial charge in [0.05, 0.1) is 12.7 Å². The lowest BCUT2D eigenvalue weighted by Crippen LogP contribution is -2.33. The van der Waals surface area contributed by atoms with Gasteiger partial charge in [-0.1, -0.05) is 23.7 Å². The number of hydrogen-bond donors (Lipinski definition) is 1. The van der Waals surface area contributed by atoms with Gasteiger partial charge in [-0.05, 0) is 6.07 Å². The fraction of sp³-hybridized carbons (Fsp3) is 0.500. The normalized spacial score (nSPS) is 21.5. The molecule has 1 aliphatic heterocycles. The standard InChI is InChI=1S/C12H14ClF2NO/c1-12(14,15)8-2-3-9(10(13)6-8)11-7-16-4-5-17-11/h2-3,6,11,16H,4-5,7H2,1H3. The van der Waals surface area contributed by atoms with E-state index in [-0.39, 0.29) is 11.7 Å². The van der Waals surface area contributed by atoms with E-state index in [4.69, 9.17) is 16.3 Å². The molecule has 5 heteroatoms. The average molecular weight is 262 g/mol. The summed E-state index contributed by atoms with van der Waals surface area (Å²) in [5, 5.41) is 3.50. The van der Waals surface area contributed by atoms with Gasteiger partial charge in [0.1, 0.15) is 0 Å². The lowest BCUT2D eigenvalue weighted by atomic mass is 10.0.